The molecule has 1 rings (SSSR count). The van der Waals surface area contributed by atoms with E-state index in [0.717, 1.165) is 19.4 Å². The molecule has 1 saturated heterocycles. The Morgan fingerprint density at radius 2 is 2.29 bits per heavy atom. The molecule has 0 saturated carbocycles. The first kappa shape index (κ1) is 10.8. The van der Waals surface area contributed by atoms with Crippen LogP contribution < -0.4 is 5.32 Å². The van der Waals surface area contributed by atoms with Crippen LogP contribution in [0.2, 0.25) is 0 Å². The molecule has 1 aliphatic heterocycles. The van der Waals surface area contributed by atoms with Gasteiger partial charge >= 0.3 is 0 Å². The van der Waals surface area contributed by atoms with Crippen LogP contribution in [0.5, 0.6) is 0 Å². The second-order valence-corrected chi connectivity index (χ2v) is 3.25. The van der Waals surface area contributed by atoms with Crippen molar-refractivity contribution in [3.63, 3.8) is 0 Å². The Labute approximate surface area is 84.0 Å². The van der Waals surface area contributed by atoms with E-state index in [1.165, 1.54) is 19.2 Å². The van der Waals surface area contributed by atoms with Gasteiger partial charge in [-0.25, -0.2) is 0 Å². The zero-order valence-electron chi connectivity index (χ0n) is 8.32. The van der Waals surface area contributed by atoms with Gasteiger partial charge in [0.15, 0.2) is 0 Å². The van der Waals surface area contributed by atoms with Crippen LogP contribution in [0, 0.1) is 6.42 Å². The van der Waals surface area contributed by atoms with Gasteiger partial charge in [-0.3, -0.25) is 9.59 Å². The normalized spacial score (nSPS) is 17.1. The highest BCUT2D eigenvalue weighted by molar-refractivity contribution is 5.88. The summed E-state index contributed by atoms with van der Waals surface area (Å²) in [5.74, 6) is -0.214. The van der Waals surface area contributed by atoms with Crippen LogP contribution in [0.15, 0.2) is 12.3 Å². The summed E-state index contributed by atoms with van der Waals surface area (Å²) in [5.41, 5.74) is 0. The fraction of sp³-hybridized carbons (Fsp3) is 0.500. The Hall–Kier alpha value is -1.32. The smallest absolute Gasteiger partial charge is 0.248 e. The first-order valence-electron chi connectivity index (χ1n) is 4.74. The monoisotopic (exact) mass is 195 g/mol. The zero-order valence-corrected chi connectivity index (χ0v) is 8.32. The highest BCUT2D eigenvalue weighted by Gasteiger charge is 2.13. The topological polar surface area (TPSA) is 49.4 Å². The predicted octanol–water partition coefficient (Wildman–Crippen LogP) is 0.463. The minimum atomic E-state index is -0.167. The summed E-state index contributed by atoms with van der Waals surface area (Å²) in [7, 11) is 0. The van der Waals surface area contributed by atoms with E-state index in [2.05, 4.69) is 11.7 Å². The average Bonchev–Trinajstić information content (AvgIpc) is 2.18. The van der Waals surface area contributed by atoms with Crippen molar-refractivity contribution in [3.8, 4) is 0 Å². The molecule has 0 unspecified atom stereocenters. The van der Waals surface area contributed by atoms with Gasteiger partial charge < -0.3 is 10.2 Å². The number of nitrogens with one attached hydrogen (secondary N) is 1. The molecule has 0 aromatic heterocycles. The van der Waals surface area contributed by atoms with Gasteiger partial charge in [-0.15, -0.1) is 0 Å². The lowest BCUT2D eigenvalue weighted by molar-refractivity contribution is -0.126. The molecule has 0 spiro atoms. The third-order valence-corrected chi connectivity index (χ3v) is 2.01. The summed E-state index contributed by atoms with van der Waals surface area (Å²) < 4.78 is 0. The molecule has 0 aromatic rings. The minimum absolute atomic E-state index is 0.0466. The van der Waals surface area contributed by atoms with Gasteiger partial charge in [-0.05, 0) is 19.3 Å². The third-order valence-electron chi connectivity index (χ3n) is 2.01. The molecule has 1 heterocycles. The molecule has 1 N–H and O–H groups in total. The second kappa shape index (κ2) is 5.42. The molecule has 4 nitrogen and oxygen atoms in total. The molecule has 77 valence electrons. The molecule has 4 heteroatoms. The van der Waals surface area contributed by atoms with Gasteiger partial charge in [0.25, 0.3) is 0 Å². The van der Waals surface area contributed by atoms with E-state index in [9.17, 15) is 9.59 Å². The summed E-state index contributed by atoms with van der Waals surface area (Å²) in [6.07, 6.45) is 6.98. The van der Waals surface area contributed by atoms with Crippen LogP contribution in [-0.4, -0.2) is 29.8 Å². The first-order valence-corrected chi connectivity index (χ1v) is 4.74. The third kappa shape index (κ3) is 3.60. The predicted molar refractivity (Wildman–Crippen MR) is 53.1 cm³/mol. The highest BCUT2D eigenvalue weighted by Crippen LogP contribution is 2.07. The van der Waals surface area contributed by atoms with Gasteiger partial charge in [0.1, 0.15) is 0 Å². The molecule has 1 fully saturated rings. The maximum absolute atomic E-state index is 11.4. The molecule has 2 amide bonds. The number of likely N-dealkylation sites (tertiary alicyclic amines) is 1. The summed E-state index contributed by atoms with van der Waals surface area (Å²) in [5, 5.41) is 2.44. The number of rotatable bonds is 2. The van der Waals surface area contributed by atoms with E-state index in [1.807, 2.05) is 0 Å². The summed E-state index contributed by atoms with van der Waals surface area (Å²) in [6.45, 7) is 2.92. The Kier molecular flexibility index (Phi) is 4.16. The molecule has 14 heavy (non-hydrogen) atoms. The second-order valence-electron chi connectivity index (χ2n) is 3.25. The van der Waals surface area contributed by atoms with Crippen molar-refractivity contribution in [2.45, 2.75) is 19.8 Å². The molecule has 1 radical (unpaired) electrons. The summed E-state index contributed by atoms with van der Waals surface area (Å²) in [6, 6.07) is 0. The molecule has 0 aliphatic carbocycles. The largest absolute Gasteiger partial charge is 0.339 e. The van der Waals surface area contributed by atoms with Crippen molar-refractivity contribution in [2.75, 3.05) is 13.1 Å². The lowest BCUT2D eigenvalue weighted by Gasteiger charge is -2.25. The van der Waals surface area contributed by atoms with Crippen LogP contribution in [-0.2, 0) is 9.59 Å². The van der Waals surface area contributed by atoms with Crippen LogP contribution >= 0.6 is 0 Å². The Balaban J connectivity index is 2.32. The maximum Gasteiger partial charge on any atom is 0.248 e. The Morgan fingerprint density at radius 3 is 2.86 bits per heavy atom. The van der Waals surface area contributed by atoms with E-state index in [0.29, 0.717) is 6.54 Å². The first-order chi connectivity index (χ1) is 6.70. The van der Waals surface area contributed by atoms with Crippen LogP contribution in [0.25, 0.3) is 0 Å². The zero-order chi connectivity index (χ0) is 10.4. The Morgan fingerprint density at radius 1 is 1.50 bits per heavy atom. The molecule has 0 atom stereocenters. The quantitative estimate of drug-likeness (QED) is 0.651. The van der Waals surface area contributed by atoms with E-state index in [1.54, 1.807) is 4.90 Å². The van der Waals surface area contributed by atoms with Crippen LogP contribution in [0.1, 0.15) is 19.8 Å². The van der Waals surface area contributed by atoms with E-state index < -0.39 is 0 Å². The molecule has 1 aliphatic rings. The van der Waals surface area contributed by atoms with Crippen molar-refractivity contribution >= 4 is 11.8 Å². The number of carbonyl (C=O) groups excluding carboxylic acids is 2. The van der Waals surface area contributed by atoms with Crippen molar-refractivity contribution in [3.05, 3.63) is 18.7 Å². The average molecular weight is 195 g/mol. The standard InChI is InChI=1S/C10H15N2O2/c1-9(13)11-6-5-10(14)12-7-3-2-4-8-12/h3,5-6H,2,4,7-8H2,1H3,(H,11,13). The van der Waals surface area contributed by atoms with Crippen molar-refractivity contribution in [1.82, 2.24) is 10.2 Å². The maximum atomic E-state index is 11.4. The fourth-order valence-corrected chi connectivity index (χ4v) is 1.30. The van der Waals surface area contributed by atoms with Crippen LogP contribution in [0.4, 0.5) is 0 Å². The summed E-state index contributed by atoms with van der Waals surface area (Å²) in [4.78, 5) is 23.7. The van der Waals surface area contributed by atoms with Crippen molar-refractivity contribution in [2.24, 2.45) is 0 Å². The van der Waals surface area contributed by atoms with Gasteiger partial charge in [0.05, 0.1) is 0 Å². The number of amides is 2. The van der Waals surface area contributed by atoms with E-state index >= 15 is 0 Å². The molecule has 0 bridgehead atoms. The van der Waals surface area contributed by atoms with Gasteiger partial charge in [-0.1, -0.05) is 0 Å². The van der Waals surface area contributed by atoms with Crippen molar-refractivity contribution < 1.29 is 9.59 Å². The molecular weight excluding hydrogens is 180 g/mol. The minimum Gasteiger partial charge on any atom is -0.339 e. The SMILES string of the molecule is CC(=O)NC=CC(=O)N1C[CH]CCC1. The fourth-order valence-electron chi connectivity index (χ4n) is 1.30. The number of nitrogens with zero attached hydrogens (tertiary/aromatic N) is 1. The number of piperidine rings is 1. The number of hydrogen-bond donors (Lipinski definition) is 1. The van der Waals surface area contributed by atoms with Gasteiger partial charge in [0, 0.05) is 32.3 Å². The lowest BCUT2D eigenvalue weighted by atomic mass is 10.1. The number of hydrogen-bond acceptors (Lipinski definition) is 2. The molecular formula is C10H15N2O2. The van der Waals surface area contributed by atoms with E-state index in [4.69, 9.17) is 0 Å². The van der Waals surface area contributed by atoms with Crippen molar-refractivity contribution in [1.29, 1.82) is 0 Å². The summed E-state index contributed by atoms with van der Waals surface area (Å²) >= 11 is 0. The highest BCUT2D eigenvalue weighted by atomic mass is 16.2. The lowest BCUT2D eigenvalue weighted by Crippen LogP contribution is -2.34. The van der Waals surface area contributed by atoms with Crippen LogP contribution in [0.3, 0.4) is 0 Å². The van der Waals surface area contributed by atoms with Gasteiger partial charge in [-0.2, -0.15) is 0 Å². The van der Waals surface area contributed by atoms with Gasteiger partial charge in [0.2, 0.25) is 11.8 Å². The Bertz CT molecular complexity index is 243. The molecule has 0 aromatic carbocycles. The number of carbonyl (C=O) groups is 2. The van der Waals surface area contributed by atoms with E-state index in [-0.39, 0.29) is 11.8 Å².